The lowest BCUT2D eigenvalue weighted by atomic mass is 10.2. The maximum Gasteiger partial charge on any atom is 0.287 e. The van der Waals surface area contributed by atoms with Crippen molar-refractivity contribution >= 4 is 34.9 Å². The normalized spacial score (nSPS) is 11.5. The second-order valence-corrected chi connectivity index (χ2v) is 5.40. The molecule has 0 aliphatic rings. The zero-order chi connectivity index (χ0) is 19.1. The molecule has 1 amide bonds. The molecule has 0 aliphatic carbocycles. The number of pyridine rings is 1. The molecule has 0 aliphatic heterocycles. The van der Waals surface area contributed by atoms with Crippen LogP contribution in [-0.2, 0) is 4.74 Å². The zero-order valence-corrected chi connectivity index (χ0v) is 14.0. The monoisotopic (exact) mass is 386 g/mol. The average molecular weight is 387 g/mol. The highest BCUT2D eigenvalue weighted by Gasteiger charge is 2.10. The number of benzene rings is 1. The minimum absolute atomic E-state index is 0.110. The number of nitrogens with zero attached hydrogens (tertiary/aromatic N) is 2. The minimum Gasteiger partial charge on any atom is -0.465 e. The van der Waals surface area contributed by atoms with E-state index in [1.54, 1.807) is 0 Å². The first kappa shape index (κ1) is 19.5. The van der Waals surface area contributed by atoms with Crippen LogP contribution in [0.25, 0.3) is 0 Å². The van der Waals surface area contributed by atoms with Crippen LogP contribution in [0.5, 0.6) is 0 Å². The number of ether oxygens (including phenoxy) is 1. The topological polar surface area (TPSA) is 89.6 Å². The smallest absolute Gasteiger partial charge is 0.287 e. The van der Waals surface area contributed by atoms with Crippen molar-refractivity contribution in [2.45, 2.75) is 12.8 Å². The molecule has 0 saturated carbocycles. The van der Waals surface area contributed by atoms with E-state index < -0.39 is 30.6 Å². The lowest BCUT2D eigenvalue weighted by Crippen LogP contribution is -2.17. The van der Waals surface area contributed by atoms with Crippen LogP contribution in [0.1, 0.15) is 16.9 Å². The van der Waals surface area contributed by atoms with E-state index in [9.17, 15) is 18.0 Å². The molecule has 0 radical (unpaired) electrons. The second kappa shape index (κ2) is 9.04. The number of halogens is 4. The van der Waals surface area contributed by atoms with E-state index in [0.717, 1.165) is 6.07 Å². The molecule has 138 valence electrons. The van der Waals surface area contributed by atoms with Crippen molar-refractivity contribution in [2.75, 3.05) is 11.9 Å². The fourth-order valence-corrected chi connectivity index (χ4v) is 1.90. The van der Waals surface area contributed by atoms with Gasteiger partial charge in [0.25, 0.3) is 11.9 Å². The molecule has 0 bridgehead atoms. The number of aromatic nitrogens is 1. The number of carbonyl (C=O) groups excluding carboxylic acids is 1. The number of hydrogen-bond donors (Lipinski definition) is 2. The Hall–Kier alpha value is -2.81. The molecule has 1 aromatic carbocycles. The maximum atomic E-state index is 13.8. The van der Waals surface area contributed by atoms with E-state index in [0.29, 0.717) is 5.02 Å². The fraction of sp³-hybridized carbons (Fsp3) is 0.188. The predicted molar refractivity (Wildman–Crippen MR) is 91.5 cm³/mol. The van der Waals surface area contributed by atoms with Crippen molar-refractivity contribution in [3.8, 4) is 0 Å². The Kier molecular flexibility index (Phi) is 6.79. The van der Waals surface area contributed by atoms with Crippen LogP contribution in [0.15, 0.2) is 41.5 Å². The predicted octanol–water partition coefficient (Wildman–Crippen LogP) is 3.74. The molecule has 0 saturated heterocycles. The number of amides is 1. The Morgan fingerprint density at radius 3 is 2.77 bits per heavy atom. The Morgan fingerprint density at radius 2 is 2.12 bits per heavy atom. The number of alkyl halides is 2. The molecule has 0 unspecified atom stereocenters. The molecule has 0 spiro atoms. The third-order valence-corrected chi connectivity index (χ3v) is 3.20. The Morgan fingerprint density at radius 1 is 1.35 bits per heavy atom. The van der Waals surface area contributed by atoms with E-state index >= 15 is 0 Å². The van der Waals surface area contributed by atoms with Gasteiger partial charge in [0.2, 0.25) is 6.43 Å². The van der Waals surface area contributed by atoms with Crippen molar-refractivity contribution in [3.05, 3.63) is 53.1 Å². The Bertz CT molecular complexity index is 801. The lowest BCUT2D eigenvalue weighted by Gasteiger charge is -2.08. The number of hydrogen-bond acceptors (Lipinski definition) is 4. The number of anilines is 1. The summed E-state index contributed by atoms with van der Waals surface area (Å²) in [6.45, 7) is -0.354. The van der Waals surface area contributed by atoms with Crippen molar-refractivity contribution < 1.29 is 22.7 Å². The molecule has 3 N–H and O–H groups in total. The van der Waals surface area contributed by atoms with Crippen LogP contribution in [0.3, 0.4) is 0 Å². The summed E-state index contributed by atoms with van der Waals surface area (Å²) in [5, 5.41) is 2.89. The van der Waals surface area contributed by atoms with E-state index in [-0.39, 0.29) is 23.7 Å². The third kappa shape index (κ3) is 5.92. The molecule has 1 aromatic heterocycles. The molecule has 1 heterocycles. The summed E-state index contributed by atoms with van der Waals surface area (Å²) < 4.78 is 42.7. The van der Waals surface area contributed by atoms with Gasteiger partial charge in [-0.3, -0.25) is 4.79 Å². The quantitative estimate of drug-likeness (QED) is 0.584. The summed E-state index contributed by atoms with van der Waals surface area (Å²) in [4.78, 5) is 19.6. The van der Waals surface area contributed by atoms with Gasteiger partial charge in [0, 0.05) is 18.3 Å². The van der Waals surface area contributed by atoms with Crippen LogP contribution in [-0.4, -0.2) is 29.9 Å². The van der Waals surface area contributed by atoms with E-state index in [1.807, 2.05) is 0 Å². The SMILES string of the molecule is N/C(=N/c1cc(NC(=O)c2ccc(Cl)cn2)ccc1F)OCCC(F)F. The first-order valence-corrected chi connectivity index (χ1v) is 7.70. The molecular formula is C16H14ClF3N4O2. The van der Waals surface area contributed by atoms with Crippen molar-refractivity contribution in [1.29, 1.82) is 0 Å². The summed E-state index contributed by atoms with van der Waals surface area (Å²) in [7, 11) is 0. The zero-order valence-electron chi connectivity index (χ0n) is 13.3. The van der Waals surface area contributed by atoms with Gasteiger partial charge in [-0.1, -0.05) is 11.6 Å². The molecule has 10 heteroatoms. The minimum atomic E-state index is -2.54. The molecule has 6 nitrogen and oxygen atoms in total. The lowest BCUT2D eigenvalue weighted by molar-refractivity contribution is 0.102. The van der Waals surface area contributed by atoms with E-state index in [2.05, 4.69) is 15.3 Å². The number of aliphatic imine (C=N–C) groups is 1. The van der Waals surface area contributed by atoms with Gasteiger partial charge in [0.1, 0.15) is 17.2 Å². The Labute approximate surface area is 151 Å². The molecular weight excluding hydrogens is 373 g/mol. The first-order valence-electron chi connectivity index (χ1n) is 7.32. The summed E-state index contributed by atoms with van der Waals surface area (Å²) in [5.74, 6) is -1.27. The van der Waals surface area contributed by atoms with E-state index in [1.165, 1.54) is 30.5 Å². The molecule has 0 atom stereocenters. The van der Waals surface area contributed by atoms with Crippen molar-refractivity contribution in [3.63, 3.8) is 0 Å². The number of carbonyl (C=O) groups is 1. The highest BCUT2D eigenvalue weighted by molar-refractivity contribution is 6.30. The second-order valence-electron chi connectivity index (χ2n) is 4.96. The fourth-order valence-electron chi connectivity index (χ4n) is 1.78. The van der Waals surface area contributed by atoms with Gasteiger partial charge >= 0.3 is 0 Å². The van der Waals surface area contributed by atoms with Gasteiger partial charge in [0.05, 0.1) is 11.6 Å². The highest BCUT2D eigenvalue weighted by Crippen LogP contribution is 2.23. The average Bonchev–Trinajstić information content (AvgIpc) is 2.58. The summed E-state index contributed by atoms with van der Waals surface area (Å²) in [6.07, 6.45) is -1.75. The van der Waals surface area contributed by atoms with Crippen molar-refractivity contribution in [1.82, 2.24) is 4.98 Å². The van der Waals surface area contributed by atoms with Gasteiger partial charge in [-0.15, -0.1) is 0 Å². The first-order chi connectivity index (χ1) is 12.3. The summed E-state index contributed by atoms with van der Waals surface area (Å²) in [6, 6.07) is 6.06. The van der Waals surface area contributed by atoms with Gasteiger partial charge < -0.3 is 15.8 Å². The number of nitrogens with one attached hydrogen (secondary N) is 1. The summed E-state index contributed by atoms with van der Waals surface area (Å²) in [5.41, 5.74) is 5.54. The largest absolute Gasteiger partial charge is 0.465 e. The van der Waals surface area contributed by atoms with Gasteiger partial charge in [-0.25, -0.2) is 18.2 Å². The number of nitrogens with two attached hydrogens (primary N) is 1. The van der Waals surface area contributed by atoms with Crippen LogP contribution >= 0.6 is 11.6 Å². The van der Waals surface area contributed by atoms with E-state index in [4.69, 9.17) is 22.1 Å². The Balaban J connectivity index is 2.08. The summed E-state index contributed by atoms with van der Waals surface area (Å²) >= 11 is 5.70. The number of amidine groups is 1. The van der Waals surface area contributed by atoms with Crippen LogP contribution < -0.4 is 11.1 Å². The van der Waals surface area contributed by atoms with Crippen LogP contribution in [0.4, 0.5) is 24.5 Å². The standard InChI is InChI=1S/C16H14ClF3N4O2/c17-9-1-4-12(22-8-9)15(25)23-10-2-3-11(18)13(7-10)24-16(21)26-6-5-14(19)20/h1-4,7-8,14H,5-6H2,(H2,21,24)(H,23,25). The highest BCUT2D eigenvalue weighted by atomic mass is 35.5. The van der Waals surface area contributed by atoms with Crippen LogP contribution in [0, 0.1) is 5.82 Å². The van der Waals surface area contributed by atoms with Gasteiger partial charge in [-0.2, -0.15) is 4.99 Å². The molecule has 26 heavy (non-hydrogen) atoms. The van der Waals surface area contributed by atoms with Gasteiger partial charge in [0.15, 0.2) is 0 Å². The number of rotatable bonds is 6. The molecule has 2 aromatic rings. The maximum absolute atomic E-state index is 13.8. The van der Waals surface area contributed by atoms with Gasteiger partial charge in [-0.05, 0) is 30.3 Å². The molecule has 2 rings (SSSR count). The van der Waals surface area contributed by atoms with Crippen molar-refractivity contribution in [2.24, 2.45) is 10.7 Å². The third-order valence-electron chi connectivity index (χ3n) is 2.98. The molecule has 0 fully saturated rings. The van der Waals surface area contributed by atoms with Crippen LogP contribution in [0.2, 0.25) is 5.02 Å².